The van der Waals surface area contributed by atoms with Crippen molar-refractivity contribution in [1.29, 1.82) is 0 Å². The van der Waals surface area contributed by atoms with Gasteiger partial charge in [-0.05, 0) is 36.1 Å². The molecule has 0 amide bonds. The van der Waals surface area contributed by atoms with Gasteiger partial charge in [0.25, 0.3) is 5.69 Å². The standard InChI is InChI=1S/C17H19N2O5/c20-11-17(12-21,9-13-1-5-15(18-22)6-2-13)10-14-3-7-16(8-4-14)19(23)24/h1-8,18,20-21H,9-12H2/q-1. The van der Waals surface area contributed by atoms with Gasteiger partial charge in [0.1, 0.15) is 0 Å². The molecule has 0 radical (unpaired) electrons. The van der Waals surface area contributed by atoms with Gasteiger partial charge < -0.3 is 20.9 Å². The zero-order valence-electron chi connectivity index (χ0n) is 13.0. The van der Waals surface area contributed by atoms with Crippen molar-refractivity contribution in [2.45, 2.75) is 12.8 Å². The van der Waals surface area contributed by atoms with Gasteiger partial charge in [-0.25, -0.2) is 0 Å². The Morgan fingerprint density at radius 3 is 1.75 bits per heavy atom. The van der Waals surface area contributed by atoms with Gasteiger partial charge in [0, 0.05) is 23.2 Å². The number of nitrogens with one attached hydrogen (secondary N) is 1. The lowest BCUT2D eigenvalue weighted by molar-refractivity contribution is -0.384. The van der Waals surface area contributed by atoms with E-state index in [1.807, 2.05) is 0 Å². The third-order valence-corrected chi connectivity index (χ3v) is 4.05. The normalized spacial score (nSPS) is 11.3. The summed E-state index contributed by atoms with van der Waals surface area (Å²) in [6.45, 7) is -0.468. The van der Waals surface area contributed by atoms with Gasteiger partial charge in [0.05, 0.1) is 18.1 Å². The first-order chi connectivity index (χ1) is 11.5. The van der Waals surface area contributed by atoms with E-state index >= 15 is 0 Å². The van der Waals surface area contributed by atoms with E-state index in [1.165, 1.54) is 12.1 Å². The number of nitro groups is 1. The van der Waals surface area contributed by atoms with Crippen LogP contribution in [0.4, 0.5) is 11.4 Å². The van der Waals surface area contributed by atoms with Crippen molar-refractivity contribution in [2.75, 3.05) is 18.7 Å². The fourth-order valence-corrected chi connectivity index (χ4v) is 2.63. The quantitative estimate of drug-likeness (QED) is 0.504. The highest BCUT2D eigenvalue weighted by Crippen LogP contribution is 2.28. The van der Waals surface area contributed by atoms with Crippen molar-refractivity contribution in [2.24, 2.45) is 5.41 Å². The van der Waals surface area contributed by atoms with Crippen LogP contribution in [-0.4, -0.2) is 28.4 Å². The molecular weight excluding hydrogens is 312 g/mol. The highest BCUT2D eigenvalue weighted by Gasteiger charge is 2.29. The summed E-state index contributed by atoms with van der Waals surface area (Å²) in [6, 6.07) is 12.9. The summed E-state index contributed by atoms with van der Waals surface area (Å²) in [6.07, 6.45) is 0.787. The van der Waals surface area contributed by atoms with E-state index < -0.39 is 10.3 Å². The number of aliphatic hydroxyl groups excluding tert-OH is 2. The molecule has 0 spiro atoms. The van der Waals surface area contributed by atoms with Crippen molar-refractivity contribution < 1.29 is 15.1 Å². The Labute approximate surface area is 139 Å². The van der Waals surface area contributed by atoms with Crippen molar-refractivity contribution in [1.82, 2.24) is 0 Å². The predicted octanol–water partition coefficient (Wildman–Crippen LogP) is 2.26. The Hall–Kier alpha value is -2.48. The largest absolute Gasteiger partial charge is 0.761 e. The van der Waals surface area contributed by atoms with Gasteiger partial charge in [-0.1, -0.05) is 24.3 Å². The molecule has 0 bridgehead atoms. The van der Waals surface area contributed by atoms with Crippen molar-refractivity contribution in [3.63, 3.8) is 0 Å². The molecule has 0 atom stereocenters. The maximum atomic E-state index is 10.7. The van der Waals surface area contributed by atoms with E-state index in [0.29, 0.717) is 18.5 Å². The van der Waals surface area contributed by atoms with Crippen LogP contribution >= 0.6 is 0 Å². The Kier molecular flexibility index (Phi) is 5.86. The molecule has 0 aliphatic heterocycles. The van der Waals surface area contributed by atoms with Crippen LogP contribution < -0.4 is 5.48 Å². The number of nitro benzene ring substituents is 1. The molecule has 0 unspecified atom stereocenters. The number of hydrogen-bond donors (Lipinski definition) is 3. The fraction of sp³-hybridized carbons (Fsp3) is 0.294. The molecule has 3 N–H and O–H groups in total. The number of hydrogen-bond acceptors (Lipinski definition) is 6. The van der Waals surface area contributed by atoms with Crippen LogP contribution in [0.15, 0.2) is 48.5 Å². The lowest BCUT2D eigenvalue weighted by Gasteiger charge is -2.30. The average Bonchev–Trinajstić information content (AvgIpc) is 2.62. The zero-order valence-corrected chi connectivity index (χ0v) is 13.0. The van der Waals surface area contributed by atoms with Gasteiger partial charge in [-0.3, -0.25) is 10.1 Å². The summed E-state index contributed by atoms with van der Waals surface area (Å²) in [4.78, 5) is 10.2. The van der Waals surface area contributed by atoms with E-state index in [4.69, 9.17) is 0 Å². The molecule has 0 aromatic heterocycles. The monoisotopic (exact) mass is 331 g/mol. The third kappa shape index (κ3) is 4.29. The minimum atomic E-state index is -0.789. The predicted molar refractivity (Wildman–Crippen MR) is 90.5 cm³/mol. The van der Waals surface area contributed by atoms with E-state index in [1.54, 1.807) is 41.9 Å². The second kappa shape index (κ2) is 7.87. The maximum absolute atomic E-state index is 10.7. The molecule has 0 aliphatic carbocycles. The Morgan fingerprint density at radius 2 is 1.38 bits per heavy atom. The molecular formula is C17H19N2O5-. The first-order valence-corrected chi connectivity index (χ1v) is 7.44. The van der Waals surface area contributed by atoms with E-state index in [0.717, 1.165) is 11.1 Å². The lowest BCUT2D eigenvalue weighted by atomic mass is 9.78. The fourth-order valence-electron chi connectivity index (χ4n) is 2.63. The van der Waals surface area contributed by atoms with Gasteiger partial charge in [0.15, 0.2) is 0 Å². The average molecular weight is 331 g/mol. The number of aliphatic hydroxyl groups is 2. The highest BCUT2D eigenvalue weighted by atomic mass is 16.6. The molecule has 0 fully saturated rings. The van der Waals surface area contributed by atoms with E-state index in [9.17, 15) is 25.5 Å². The number of non-ortho nitro benzene ring substituents is 1. The van der Waals surface area contributed by atoms with Crippen LogP contribution in [0.2, 0.25) is 0 Å². The van der Waals surface area contributed by atoms with Gasteiger partial charge in [0.2, 0.25) is 0 Å². The number of rotatable bonds is 8. The van der Waals surface area contributed by atoms with Crippen LogP contribution in [0.3, 0.4) is 0 Å². The summed E-state index contributed by atoms with van der Waals surface area (Å²) < 4.78 is 0. The molecule has 0 aliphatic rings. The SMILES string of the molecule is O=[N+]([O-])c1ccc(CC(CO)(CO)Cc2ccc(N[O-])cc2)cc1. The number of nitrogens with zero attached hydrogens (tertiary/aromatic N) is 1. The minimum Gasteiger partial charge on any atom is -0.761 e. The van der Waals surface area contributed by atoms with Gasteiger partial charge in [-0.2, -0.15) is 0 Å². The molecule has 128 valence electrons. The Bertz CT molecular complexity index is 666. The molecule has 2 aromatic carbocycles. The summed E-state index contributed by atoms with van der Waals surface area (Å²) in [5.41, 5.74) is 3.11. The molecule has 2 aromatic rings. The van der Waals surface area contributed by atoms with Crippen LogP contribution in [-0.2, 0) is 12.8 Å². The van der Waals surface area contributed by atoms with Crippen LogP contribution in [0.25, 0.3) is 0 Å². The van der Waals surface area contributed by atoms with E-state index in [-0.39, 0.29) is 18.9 Å². The zero-order chi connectivity index (χ0) is 17.6. The van der Waals surface area contributed by atoms with Crippen molar-refractivity contribution in [3.8, 4) is 0 Å². The lowest BCUT2D eigenvalue weighted by Crippen LogP contribution is -2.34. The van der Waals surface area contributed by atoms with Crippen LogP contribution in [0.1, 0.15) is 11.1 Å². The topological polar surface area (TPSA) is 119 Å². The van der Waals surface area contributed by atoms with Crippen LogP contribution in [0.5, 0.6) is 0 Å². The first kappa shape index (κ1) is 17.9. The molecule has 0 saturated heterocycles. The van der Waals surface area contributed by atoms with E-state index in [2.05, 4.69) is 0 Å². The number of anilines is 1. The van der Waals surface area contributed by atoms with Gasteiger partial charge >= 0.3 is 0 Å². The summed E-state index contributed by atoms with van der Waals surface area (Å²) in [7, 11) is 0. The van der Waals surface area contributed by atoms with Crippen LogP contribution in [0, 0.1) is 20.7 Å². The molecule has 24 heavy (non-hydrogen) atoms. The summed E-state index contributed by atoms with van der Waals surface area (Å²) in [5.74, 6) is 0. The van der Waals surface area contributed by atoms with Crippen molar-refractivity contribution in [3.05, 3.63) is 75.0 Å². The summed E-state index contributed by atoms with van der Waals surface area (Å²) in [5, 5.41) is 40.9. The highest BCUT2D eigenvalue weighted by molar-refractivity contribution is 5.45. The number of benzene rings is 2. The first-order valence-electron chi connectivity index (χ1n) is 7.44. The molecule has 0 heterocycles. The molecule has 7 nitrogen and oxygen atoms in total. The maximum Gasteiger partial charge on any atom is 0.269 e. The second-order valence-corrected chi connectivity index (χ2v) is 5.89. The summed E-state index contributed by atoms with van der Waals surface area (Å²) >= 11 is 0. The minimum absolute atomic E-state index is 0.00181. The Morgan fingerprint density at radius 1 is 0.917 bits per heavy atom. The molecule has 0 saturated carbocycles. The third-order valence-electron chi connectivity index (χ3n) is 4.05. The van der Waals surface area contributed by atoms with Crippen molar-refractivity contribution >= 4 is 11.4 Å². The van der Waals surface area contributed by atoms with Gasteiger partial charge in [-0.15, -0.1) is 0 Å². The Balaban J connectivity index is 2.17. The second-order valence-electron chi connectivity index (χ2n) is 5.89. The molecule has 7 heteroatoms. The smallest absolute Gasteiger partial charge is 0.269 e. The molecule has 2 rings (SSSR count).